The average molecular weight is 532 g/mol. The van der Waals surface area contributed by atoms with Crippen LogP contribution in [0.2, 0.25) is 0 Å². The summed E-state index contributed by atoms with van der Waals surface area (Å²) < 4.78 is 0.880. The number of nitrogens with zero attached hydrogens (tertiary/aromatic N) is 2. The van der Waals surface area contributed by atoms with Crippen LogP contribution in [0.3, 0.4) is 0 Å². The molecule has 0 saturated carbocycles. The molecule has 4 rings (SSSR count). The number of halogens is 1. The summed E-state index contributed by atoms with van der Waals surface area (Å²) >= 11 is 4.63. The number of carbonyl (C=O) groups excluding carboxylic acids is 2. The fourth-order valence-corrected chi connectivity index (χ4v) is 5.15. The number of nitriles is 1. The lowest BCUT2D eigenvalue weighted by molar-refractivity contribution is -0.117. The fraction of sp³-hybridized carbons (Fsp3) is 0.148. The van der Waals surface area contributed by atoms with Crippen molar-refractivity contribution in [2.75, 3.05) is 10.2 Å². The second-order valence-electron chi connectivity index (χ2n) is 8.06. The maximum absolute atomic E-state index is 13.5. The minimum Gasteiger partial charge on any atom is -0.321 e. The zero-order valence-electron chi connectivity index (χ0n) is 18.7. The molecule has 1 aliphatic rings. The molecule has 1 heterocycles. The largest absolute Gasteiger partial charge is 0.321 e. The van der Waals surface area contributed by atoms with E-state index in [1.165, 1.54) is 16.7 Å². The number of hydrogen-bond acceptors (Lipinski definition) is 4. The van der Waals surface area contributed by atoms with E-state index >= 15 is 0 Å². The molecule has 0 aliphatic carbocycles. The lowest BCUT2D eigenvalue weighted by atomic mass is 10.1. The SMILES string of the molecule is Cc1ccc(C[C@@H]2S/C(=C(/C#N)C(=O)Nc3ccc(Br)cc3)N(c3ccc(C)cc3)C2=O)cc1. The average Bonchev–Trinajstić information content (AvgIpc) is 3.13. The van der Waals surface area contributed by atoms with Crippen molar-refractivity contribution in [3.05, 3.63) is 105 Å². The number of anilines is 2. The Balaban J connectivity index is 1.71. The van der Waals surface area contributed by atoms with Gasteiger partial charge in [-0.05, 0) is 62.2 Å². The smallest absolute Gasteiger partial charge is 0.269 e. The van der Waals surface area contributed by atoms with Crippen LogP contribution in [0.4, 0.5) is 11.4 Å². The first kappa shape index (κ1) is 23.8. The van der Waals surface area contributed by atoms with E-state index in [-0.39, 0.29) is 11.5 Å². The summed E-state index contributed by atoms with van der Waals surface area (Å²) in [5.74, 6) is -0.693. The van der Waals surface area contributed by atoms with Crippen molar-refractivity contribution in [2.24, 2.45) is 0 Å². The Hall–Kier alpha value is -3.34. The number of thioether (sulfide) groups is 1. The number of carbonyl (C=O) groups is 2. The fourth-order valence-electron chi connectivity index (χ4n) is 3.58. The Morgan fingerprint density at radius 1 is 1.00 bits per heavy atom. The third kappa shape index (κ3) is 5.24. The summed E-state index contributed by atoms with van der Waals surface area (Å²) in [7, 11) is 0. The second kappa shape index (κ2) is 10.3. The summed E-state index contributed by atoms with van der Waals surface area (Å²) in [6, 6.07) is 24.7. The van der Waals surface area contributed by atoms with Gasteiger partial charge in [0.2, 0.25) is 5.91 Å². The van der Waals surface area contributed by atoms with E-state index < -0.39 is 11.2 Å². The molecule has 1 saturated heterocycles. The van der Waals surface area contributed by atoms with Gasteiger partial charge in [0, 0.05) is 15.8 Å². The van der Waals surface area contributed by atoms with Crippen molar-refractivity contribution in [3.8, 4) is 6.07 Å². The Morgan fingerprint density at radius 2 is 1.59 bits per heavy atom. The zero-order valence-corrected chi connectivity index (χ0v) is 21.1. The van der Waals surface area contributed by atoms with Gasteiger partial charge in [-0.15, -0.1) is 0 Å². The maximum atomic E-state index is 13.5. The number of hydrogen-bond donors (Lipinski definition) is 1. The molecule has 0 radical (unpaired) electrons. The Labute approximate surface area is 211 Å². The van der Waals surface area contributed by atoms with E-state index in [9.17, 15) is 14.9 Å². The molecule has 1 aliphatic heterocycles. The van der Waals surface area contributed by atoms with E-state index in [1.807, 2.05) is 68.4 Å². The van der Waals surface area contributed by atoms with Crippen LogP contribution in [0, 0.1) is 25.2 Å². The van der Waals surface area contributed by atoms with Gasteiger partial charge in [0.15, 0.2) is 0 Å². The van der Waals surface area contributed by atoms with E-state index in [0.29, 0.717) is 22.8 Å². The number of nitrogens with one attached hydrogen (secondary N) is 1. The van der Waals surface area contributed by atoms with E-state index in [0.717, 1.165) is 21.2 Å². The molecule has 3 aromatic rings. The summed E-state index contributed by atoms with van der Waals surface area (Å²) in [4.78, 5) is 28.1. The second-order valence-corrected chi connectivity index (χ2v) is 10.2. The van der Waals surface area contributed by atoms with Crippen molar-refractivity contribution in [3.63, 3.8) is 0 Å². The highest BCUT2D eigenvalue weighted by molar-refractivity contribution is 9.10. The number of rotatable bonds is 5. The third-order valence-electron chi connectivity index (χ3n) is 5.44. The molecule has 0 aromatic heterocycles. The van der Waals surface area contributed by atoms with E-state index in [4.69, 9.17) is 0 Å². The van der Waals surface area contributed by atoms with Crippen molar-refractivity contribution in [2.45, 2.75) is 25.5 Å². The molecule has 3 aromatic carbocycles. The Bertz CT molecular complexity index is 1290. The number of aryl methyl sites for hydroxylation is 2. The first-order chi connectivity index (χ1) is 16.4. The molecule has 7 heteroatoms. The molecule has 1 fully saturated rings. The number of benzene rings is 3. The molecule has 0 spiro atoms. The van der Waals surface area contributed by atoms with Crippen LogP contribution in [0.1, 0.15) is 16.7 Å². The van der Waals surface area contributed by atoms with Gasteiger partial charge in [0.25, 0.3) is 5.91 Å². The lowest BCUT2D eigenvalue weighted by Gasteiger charge is -2.19. The van der Waals surface area contributed by atoms with Crippen LogP contribution in [0.15, 0.2) is 87.9 Å². The highest BCUT2D eigenvalue weighted by Crippen LogP contribution is 2.42. The van der Waals surface area contributed by atoms with Gasteiger partial charge in [0.1, 0.15) is 16.7 Å². The van der Waals surface area contributed by atoms with Crippen molar-refractivity contribution >= 4 is 50.9 Å². The minimum atomic E-state index is -0.548. The normalized spacial score (nSPS) is 16.8. The minimum absolute atomic E-state index is 0.0896. The monoisotopic (exact) mass is 531 g/mol. The maximum Gasteiger partial charge on any atom is 0.269 e. The van der Waals surface area contributed by atoms with Gasteiger partial charge >= 0.3 is 0 Å². The van der Waals surface area contributed by atoms with Gasteiger partial charge in [-0.25, -0.2) is 0 Å². The van der Waals surface area contributed by atoms with Crippen LogP contribution >= 0.6 is 27.7 Å². The summed E-state index contributed by atoms with van der Waals surface area (Å²) in [6.07, 6.45) is 0.503. The van der Waals surface area contributed by atoms with E-state index in [1.54, 1.807) is 24.3 Å². The summed E-state index contributed by atoms with van der Waals surface area (Å²) in [5, 5.41) is 12.6. The molecule has 170 valence electrons. The molecule has 0 bridgehead atoms. The van der Waals surface area contributed by atoms with Crippen molar-refractivity contribution < 1.29 is 9.59 Å². The summed E-state index contributed by atoms with van der Waals surface area (Å²) in [5.41, 5.74) is 4.33. The Kier molecular flexibility index (Phi) is 7.20. The van der Waals surface area contributed by atoms with Crippen LogP contribution in [-0.2, 0) is 16.0 Å². The number of amides is 2. The molecular weight excluding hydrogens is 510 g/mol. The molecule has 2 amide bonds. The predicted octanol–water partition coefficient (Wildman–Crippen LogP) is 6.13. The van der Waals surface area contributed by atoms with Crippen molar-refractivity contribution in [1.29, 1.82) is 5.26 Å². The van der Waals surface area contributed by atoms with Crippen LogP contribution in [0.5, 0.6) is 0 Å². The van der Waals surface area contributed by atoms with E-state index in [2.05, 4.69) is 21.2 Å². The lowest BCUT2D eigenvalue weighted by Crippen LogP contribution is -2.30. The van der Waals surface area contributed by atoms with Crippen LogP contribution in [0.25, 0.3) is 0 Å². The zero-order chi connectivity index (χ0) is 24.2. The molecule has 34 heavy (non-hydrogen) atoms. The molecule has 0 unspecified atom stereocenters. The first-order valence-corrected chi connectivity index (χ1v) is 12.4. The predicted molar refractivity (Wildman–Crippen MR) is 140 cm³/mol. The highest BCUT2D eigenvalue weighted by Gasteiger charge is 2.40. The van der Waals surface area contributed by atoms with Crippen LogP contribution in [-0.4, -0.2) is 17.1 Å². The van der Waals surface area contributed by atoms with Gasteiger partial charge in [-0.2, -0.15) is 5.26 Å². The third-order valence-corrected chi connectivity index (χ3v) is 7.23. The van der Waals surface area contributed by atoms with Gasteiger partial charge in [-0.3, -0.25) is 14.5 Å². The van der Waals surface area contributed by atoms with Gasteiger partial charge in [0.05, 0.1) is 5.25 Å². The standard InChI is InChI=1S/C27H22BrN3O2S/c1-17-3-7-19(8-4-17)15-24-26(33)31(22-13-5-18(2)6-14-22)27(34-24)23(16-29)25(32)30-21-11-9-20(28)10-12-21/h3-14,24H,15H2,1-2H3,(H,30,32)/b27-23-/t24-/m0/s1. The van der Waals surface area contributed by atoms with Gasteiger partial charge < -0.3 is 5.32 Å². The Morgan fingerprint density at radius 3 is 2.18 bits per heavy atom. The highest BCUT2D eigenvalue weighted by atomic mass is 79.9. The summed E-state index contributed by atoms with van der Waals surface area (Å²) in [6.45, 7) is 3.98. The van der Waals surface area contributed by atoms with Gasteiger partial charge in [-0.1, -0.05) is 75.2 Å². The molecule has 1 N–H and O–H groups in total. The quantitative estimate of drug-likeness (QED) is 0.317. The first-order valence-electron chi connectivity index (χ1n) is 10.7. The molecule has 1 atom stereocenters. The topological polar surface area (TPSA) is 73.2 Å². The molecular formula is C27H22BrN3O2S. The van der Waals surface area contributed by atoms with Crippen LogP contribution < -0.4 is 10.2 Å². The molecule has 5 nitrogen and oxygen atoms in total. The van der Waals surface area contributed by atoms with Crippen molar-refractivity contribution in [1.82, 2.24) is 0 Å².